The van der Waals surface area contributed by atoms with Crippen molar-refractivity contribution >= 4 is 11.6 Å². The maximum absolute atomic E-state index is 13.0. The van der Waals surface area contributed by atoms with E-state index in [1.54, 1.807) is 6.20 Å². The van der Waals surface area contributed by atoms with Gasteiger partial charge in [-0.25, -0.2) is 4.39 Å². The Kier molecular flexibility index (Phi) is 5.53. The number of nitrogens with one attached hydrogen (secondary N) is 1. The van der Waals surface area contributed by atoms with Gasteiger partial charge >= 0.3 is 0 Å². The van der Waals surface area contributed by atoms with E-state index >= 15 is 0 Å². The quantitative estimate of drug-likeness (QED) is 0.838. The molecule has 1 aromatic heterocycles. The molecule has 0 bridgehead atoms. The number of aromatic nitrogens is 1. The van der Waals surface area contributed by atoms with Crippen molar-refractivity contribution in [1.82, 2.24) is 10.3 Å². The molecule has 0 aliphatic heterocycles. The average molecular weight is 309 g/mol. The molecule has 1 heterocycles. The minimum Gasteiger partial charge on any atom is -0.454 e. The summed E-state index contributed by atoms with van der Waals surface area (Å²) in [6.07, 6.45) is 2.61. The zero-order valence-electron chi connectivity index (χ0n) is 12.1. The van der Waals surface area contributed by atoms with Crippen LogP contribution >= 0.6 is 11.6 Å². The number of hydrogen-bond acceptors (Lipinski definition) is 3. The van der Waals surface area contributed by atoms with Crippen molar-refractivity contribution in [1.29, 1.82) is 0 Å². The van der Waals surface area contributed by atoms with E-state index < -0.39 is 5.82 Å². The molecule has 1 aromatic carbocycles. The van der Waals surface area contributed by atoms with Crippen LogP contribution in [0.15, 0.2) is 36.5 Å². The third kappa shape index (κ3) is 4.16. The topological polar surface area (TPSA) is 34.1 Å². The summed E-state index contributed by atoms with van der Waals surface area (Å²) in [6.45, 7) is 5.07. The standard InChI is InChI=1S/C16H18ClFN2O/c1-3-14(19-4-2)15-7-6-12(10-20-15)21-16-8-5-11(18)9-13(16)17/h5-10,14,19H,3-4H2,1-2H3. The van der Waals surface area contributed by atoms with Crippen molar-refractivity contribution in [3.63, 3.8) is 0 Å². The Hall–Kier alpha value is -1.65. The minimum absolute atomic E-state index is 0.234. The van der Waals surface area contributed by atoms with Crippen molar-refractivity contribution < 1.29 is 9.13 Å². The molecule has 1 N–H and O–H groups in total. The number of pyridine rings is 1. The lowest BCUT2D eigenvalue weighted by Crippen LogP contribution is -2.20. The van der Waals surface area contributed by atoms with Crippen LogP contribution in [0.1, 0.15) is 32.0 Å². The molecule has 1 atom stereocenters. The largest absolute Gasteiger partial charge is 0.454 e. The lowest BCUT2D eigenvalue weighted by molar-refractivity contribution is 0.474. The van der Waals surface area contributed by atoms with Crippen LogP contribution in [-0.2, 0) is 0 Å². The molecule has 0 saturated carbocycles. The van der Waals surface area contributed by atoms with E-state index in [1.165, 1.54) is 18.2 Å². The Morgan fingerprint density at radius 2 is 2.10 bits per heavy atom. The molecule has 0 spiro atoms. The van der Waals surface area contributed by atoms with Gasteiger partial charge in [0.15, 0.2) is 0 Å². The van der Waals surface area contributed by atoms with Crippen LogP contribution in [0.5, 0.6) is 11.5 Å². The number of nitrogens with zero attached hydrogens (tertiary/aromatic N) is 1. The molecule has 0 fully saturated rings. The third-order valence-electron chi connectivity index (χ3n) is 3.10. The SMILES string of the molecule is CCNC(CC)c1ccc(Oc2ccc(F)cc2Cl)cn1. The van der Waals surface area contributed by atoms with E-state index in [4.69, 9.17) is 16.3 Å². The molecule has 5 heteroatoms. The Morgan fingerprint density at radius 3 is 2.67 bits per heavy atom. The molecular formula is C16H18ClFN2O. The van der Waals surface area contributed by atoms with Crippen LogP contribution in [-0.4, -0.2) is 11.5 Å². The number of ether oxygens (including phenoxy) is 1. The Labute approximate surface area is 129 Å². The van der Waals surface area contributed by atoms with Gasteiger partial charge in [0.1, 0.15) is 17.3 Å². The molecule has 0 amide bonds. The van der Waals surface area contributed by atoms with Crippen LogP contribution in [0.4, 0.5) is 4.39 Å². The predicted molar refractivity (Wildman–Crippen MR) is 82.4 cm³/mol. The molecule has 3 nitrogen and oxygen atoms in total. The van der Waals surface area contributed by atoms with Crippen molar-refractivity contribution in [2.75, 3.05) is 6.54 Å². The van der Waals surface area contributed by atoms with Crippen LogP contribution < -0.4 is 10.1 Å². The van der Waals surface area contributed by atoms with Crippen LogP contribution in [0.3, 0.4) is 0 Å². The van der Waals surface area contributed by atoms with E-state index in [1.807, 2.05) is 12.1 Å². The van der Waals surface area contributed by atoms with Gasteiger partial charge in [-0.2, -0.15) is 0 Å². The van der Waals surface area contributed by atoms with Gasteiger partial charge in [0.2, 0.25) is 0 Å². The first kappa shape index (κ1) is 15.7. The number of benzene rings is 1. The lowest BCUT2D eigenvalue weighted by Gasteiger charge is -2.15. The van der Waals surface area contributed by atoms with Gasteiger partial charge in [-0.05, 0) is 43.3 Å². The van der Waals surface area contributed by atoms with Crippen molar-refractivity contribution in [3.8, 4) is 11.5 Å². The van der Waals surface area contributed by atoms with Crippen LogP contribution in [0, 0.1) is 5.82 Å². The van der Waals surface area contributed by atoms with Gasteiger partial charge < -0.3 is 10.1 Å². The van der Waals surface area contributed by atoms with Gasteiger partial charge in [0.05, 0.1) is 16.9 Å². The van der Waals surface area contributed by atoms with Gasteiger partial charge in [-0.1, -0.05) is 25.4 Å². The van der Waals surface area contributed by atoms with Gasteiger partial charge in [-0.3, -0.25) is 4.98 Å². The highest BCUT2D eigenvalue weighted by Gasteiger charge is 2.10. The fourth-order valence-corrected chi connectivity index (χ4v) is 2.25. The first-order chi connectivity index (χ1) is 10.1. The van der Waals surface area contributed by atoms with E-state index in [2.05, 4.69) is 24.1 Å². The van der Waals surface area contributed by atoms with Crippen molar-refractivity contribution in [3.05, 3.63) is 53.1 Å². The van der Waals surface area contributed by atoms with E-state index in [9.17, 15) is 4.39 Å². The second-order valence-corrected chi connectivity index (χ2v) is 5.02. The van der Waals surface area contributed by atoms with Crippen molar-refractivity contribution in [2.24, 2.45) is 0 Å². The highest BCUT2D eigenvalue weighted by atomic mass is 35.5. The van der Waals surface area contributed by atoms with Crippen LogP contribution in [0.2, 0.25) is 5.02 Å². The first-order valence-electron chi connectivity index (χ1n) is 6.96. The highest BCUT2D eigenvalue weighted by Crippen LogP contribution is 2.29. The Morgan fingerprint density at radius 1 is 1.29 bits per heavy atom. The second kappa shape index (κ2) is 7.38. The number of rotatable bonds is 6. The molecule has 0 aliphatic rings. The smallest absolute Gasteiger partial charge is 0.146 e. The monoisotopic (exact) mass is 308 g/mol. The molecular weight excluding hydrogens is 291 g/mol. The predicted octanol–water partition coefficient (Wildman–Crippen LogP) is 4.73. The summed E-state index contributed by atoms with van der Waals surface area (Å²) in [4.78, 5) is 4.41. The average Bonchev–Trinajstić information content (AvgIpc) is 2.48. The fraction of sp³-hybridized carbons (Fsp3) is 0.312. The van der Waals surface area contributed by atoms with Crippen LogP contribution in [0.25, 0.3) is 0 Å². The molecule has 0 saturated heterocycles. The zero-order chi connectivity index (χ0) is 15.2. The number of hydrogen-bond donors (Lipinski definition) is 1. The minimum atomic E-state index is -0.391. The highest BCUT2D eigenvalue weighted by molar-refractivity contribution is 6.32. The van der Waals surface area contributed by atoms with E-state index in [0.717, 1.165) is 18.7 Å². The van der Waals surface area contributed by atoms with Crippen molar-refractivity contribution in [2.45, 2.75) is 26.3 Å². The molecule has 0 radical (unpaired) electrons. The normalized spacial score (nSPS) is 12.2. The van der Waals surface area contributed by atoms with Gasteiger partial charge in [0.25, 0.3) is 0 Å². The molecule has 2 aromatic rings. The Balaban J connectivity index is 2.11. The van der Waals surface area contributed by atoms with Gasteiger partial charge in [-0.15, -0.1) is 0 Å². The summed E-state index contributed by atoms with van der Waals surface area (Å²) >= 11 is 5.93. The molecule has 21 heavy (non-hydrogen) atoms. The maximum Gasteiger partial charge on any atom is 0.146 e. The molecule has 112 valence electrons. The maximum atomic E-state index is 13.0. The summed E-state index contributed by atoms with van der Waals surface area (Å²) in [7, 11) is 0. The fourth-order valence-electron chi connectivity index (χ4n) is 2.05. The lowest BCUT2D eigenvalue weighted by atomic mass is 10.1. The molecule has 2 rings (SSSR count). The summed E-state index contributed by atoms with van der Waals surface area (Å²) in [6, 6.07) is 8.02. The third-order valence-corrected chi connectivity index (χ3v) is 3.39. The number of halogens is 2. The van der Waals surface area contributed by atoms with Gasteiger partial charge in [0, 0.05) is 6.04 Å². The van der Waals surface area contributed by atoms with E-state index in [0.29, 0.717) is 11.5 Å². The summed E-state index contributed by atoms with van der Waals surface area (Å²) in [5.41, 5.74) is 0.969. The summed E-state index contributed by atoms with van der Waals surface area (Å²) in [5, 5.41) is 3.60. The molecule has 1 unspecified atom stereocenters. The summed E-state index contributed by atoms with van der Waals surface area (Å²) < 4.78 is 18.6. The second-order valence-electron chi connectivity index (χ2n) is 4.61. The zero-order valence-corrected chi connectivity index (χ0v) is 12.8. The Bertz CT molecular complexity index is 589. The first-order valence-corrected chi connectivity index (χ1v) is 7.34. The van der Waals surface area contributed by atoms with E-state index in [-0.39, 0.29) is 11.1 Å². The summed E-state index contributed by atoms with van der Waals surface area (Å²) in [5.74, 6) is 0.585. The molecule has 0 aliphatic carbocycles.